The monoisotopic (exact) mass is 394 g/mol. The number of ketones is 1. The lowest BCUT2D eigenvalue weighted by Crippen LogP contribution is -2.37. The van der Waals surface area contributed by atoms with Crippen molar-refractivity contribution in [2.75, 3.05) is 13.2 Å². The van der Waals surface area contributed by atoms with Gasteiger partial charge in [-0.1, -0.05) is 30.9 Å². The normalized spacial score (nSPS) is 26.6. The van der Waals surface area contributed by atoms with Crippen molar-refractivity contribution in [2.45, 2.75) is 96.7 Å². The van der Waals surface area contributed by atoms with E-state index in [4.69, 9.17) is 14.6 Å². The van der Waals surface area contributed by atoms with Crippen LogP contribution in [0.15, 0.2) is 11.6 Å². The number of carboxylic acids is 1. The second-order valence-electron chi connectivity index (χ2n) is 8.65. The predicted octanol–water partition coefficient (Wildman–Crippen LogP) is 4.93. The molecule has 1 saturated carbocycles. The smallest absolute Gasteiger partial charge is 0.303 e. The van der Waals surface area contributed by atoms with Gasteiger partial charge in [-0.15, -0.1) is 0 Å². The minimum Gasteiger partial charge on any atom is -0.481 e. The van der Waals surface area contributed by atoms with Crippen LogP contribution >= 0.6 is 0 Å². The summed E-state index contributed by atoms with van der Waals surface area (Å²) in [6.07, 6.45) is 11.9. The number of carbonyl (C=O) groups excluding carboxylic acids is 1. The average Bonchev–Trinajstić information content (AvgIpc) is 3.00. The van der Waals surface area contributed by atoms with Crippen LogP contribution in [0.2, 0.25) is 0 Å². The van der Waals surface area contributed by atoms with Gasteiger partial charge in [0.25, 0.3) is 0 Å². The first-order valence-electron chi connectivity index (χ1n) is 11.1. The first kappa shape index (κ1) is 23.1. The molecule has 5 heteroatoms. The number of unbranched alkanes of at least 4 members (excludes halogenated alkanes) is 3. The maximum absolute atomic E-state index is 12.3. The van der Waals surface area contributed by atoms with Gasteiger partial charge in [0.1, 0.15) is 5.78 Å². The molecule has 0 bridgehead atoms. The number of aliphatic carboxylic acids is 1. The fourth-order valence-electron chi connectivity index (χ4n) is 4.66. The number of carbonyl (C=O) groups is 2. The third-order valence-electron chi connectivity index (χ3n) is 6.10. The highest BCUT2D eigenvalue weighted by atomic mass is 16.6. The van der Waals surface area contributed by atoms with Gasteiger partial charge < -0.3 is 14.6 Å². The largest absolute Gasteiger partial charge is 0.481 e. The van der Waals surface area contributed by atoms with Crippen LogP contribution in [0, 0.1) is 11.8 Å². The number of ether oxygens (including phenoxy) is 2. The molecule has 2 unspecified atom stereocenters. The van der Waals surface area contributed by atoms with Crippen LogP contribution in [-0.4, -0.2) is 42.3 Å². The first-order valence-corrected chi connectivity index (χ1v) is 11.1. The van der Waals surface area contributed by atoms with E-state index >= 15 is 0 Å². The molecule has 1 aliphatic carbocycles. The molecule has 0 spiro atoms. The summed E-state index contributed by atoms with van der Waals surface area (Å²) < 4.78 is 12.0. The number of rotatable bonds is 13. The molecule has 28 heavy (non-hydrogen) atoms. The van der Waals surface area contributed by atoms with E-state index in [1.807, 2.05) is 0 Å². The molecule has 0 aromatic heterocycles. The van der Waals surface area contributed by atoms with Gasteiger partial charge in [-0.25, -0.2) is 0 Å². The minimum atomic E-state index is -0.708. The molecule has 2 aliphatic rings. The maximum atomic E-state index is 12.3. The number of Topliss-reactive ketones (excluding diaryl/α,β-unsaturated/α-hetero) is 1. The minimum absolute atomic E-state index is 0.179. The van der Waals surface area contributed by atoms with Crippen molar-refractivity contribution < 1.29 is 24.2 Å². The molecule has 0 radical (unpaired) electrons. The molecule has 2 rings (SSSR count). The van der Waals surface area contributed by atoms with Crippen molar-refractivity contribution >= 4 is 11.8 Å². The Morgan fingerprint density at radius 3 is 2.46 bits per heavy atom. The van der Waals surface area contributed by atoms with Gasteiger partial charge in [-0.3, -0.25) is 9.59 Å². The van der Waals surface area contributed by atoms with E-state index < -0.39 is 5.97 Å². The summed E-state index contributed by atoms with van der Waals surface area (Å²) in [5, 5.41) is 8.73. The van der Waals surface area contributed by atoms with Crippen LogP contribution in [0.4, 0.5) is 0 Å². The highest BCUT2D eigenvalue weighted by Crippen LogP contribution is 2.43. The number of allylic oxidation sites excluding steroid dienone is 2. The SMILES string of the molecule is CC(C)=CCCC(=O)CC[C@H]1CC2OCCOC2[C@@H]1CCCCCCC(=O)O. The number of hydrogen-bond donors (Lipinski definition) is 1. The van der Waals surface area contributed by atoms with E-state index in [-0.39, 0.29) is 18.6 Å². The van der Waals surface area contributed by atoms with E-state index in [1.54, 1.807) is 0 Å². The summed E-state index contributed by atoms with van der Waals surface area (Å²) in [5.41, 5.74) is 1.27. The molecule has 4 atom stereocenters. The van der Waals surface area contributed by atoms with E-state index in [0.717, 1.165) is 51.4 Å². The first-order chi connectivity index (χ1) is 13.5. The zero-order chi connectivity index (χ0) is 20.4. The Labute approximate surface area is 169 Å². The van der Waals surface area contributed by atoms with Crippen molar-refractivity contribution in [3.63, 3.8) is 0 Å². The van der Waals surface area contributed by atoms with Crippen molar-refractivity contribution in [3.05, 3.63) is 11.6 Å². The molecule has 2 fully saturated rings. The summed E-state index contributed by atoms with van der Waals surface area (Å²) in [4.78, 5) is 22.9. The van der Waals surface area contributed by atoms with E-state index in [0.29, 0.717) is 43.7 Å². The summed E-state index contributed by atoms with van der Waals surface area (Å²) >= 11 is 0. The lowest BCUT2D eigenvalue weighted by atomic mass is 9.85. The Balaban J connectivity index is 1.76. The molecule has 0 aromatic carbocycles. The quantitative estimate of drug-likeness (QED) is 0.354. The van der Waals surface area contributed by atoms with Gasteiger partial charge in [-0.2, -0.15) is 0 Å². The fourth-order valence-corrected chi connectivity index (χ4v) is 4.66. The standard InChI is InChI=1S/C23H38O5/c1-17(2)8-7-9-19(24)13-12-18-16-21-23(28-15-14-27-21)20(18)10-5-3-4-6-11-22(25)26/h8,18,20-21,23H,3-7,9-16H2,1-2H3,(H,25,26)/t18-,20+,21?,23?/m0/s1. The fraction of sp³-hybridized carbons (Fsp3) is 0.826. The Morgan fingerprint density at radius 1 is 0.964 bits per heavy atom. The van der Waals surface area contributed by atoms with Crippen molar-refractivity contribution in [1.82, 2.24) is 0 Å². The lowest BCUT2D eigenvalue weighted by Gasteiger charge is -2.30. The second kappa shape index (κ2) is 12.4. The Hall–Kier alpha value is -1.20. The second-order valence-corrected chi connectivity index (χ2v) is 8.65. The third kappa shape index (κ3) is 8.04. The van der Waals surface area contributed by atoms with E-state index in [9.17, 15) is 9.59 Å². The van der Waals surface area contributed by atoms with Crippen LogP contribution in [0.1, 0.15) is 84.5 Å². The van der Waals surface area contributed by atoms with Gasteiger partial charge in [0.05, 0.1) is 25.4 Å². The summed E-state index contributed by atoms with van der Waals surface area (Å²) in [5.74, 6) is 0.622. The van der Waals surface area contributed by atoms with Crippen LogP contribution < -0.4 is 0 Å². The maximum Gasteiger partial charge on any atom is 0.303 e. The van der Waals surface area contributed by atoms with E-state index in [1.165, 1.54) is 5.57 Å². The molecule has 1 N–H and O–H groups in total. The number of fused-ring (bicyclic) bond motifs is 1. The summed E-state index contributed by atoms with van der Waals surface area (Å²) in [6.45, 7) is 5.48. The van der Waals surface area contributed by atoms with Crippen molar-refractivity contribution in [1.29, 1.82) is 0 Å². The van der Waals surface area contributed by atoms with Crippen LogP contribution in [-0.2, 0) is 19.1 Å². The highest BCUT2D eigenvalue weighted by Gasteiger charge is 2.45. The van der Waals surface area contributed by atoms with Crippen LogP contribution in [0.25, 0.3) is 0 Å². The van der Waals surface area contributed by atoms with Gasteiger partial charge in [0.15, 0.2) is 0 Å². The van der Waals surface area contributed by atoms with Gasteiger partial charge >= 0.3 is 5.97 Å². The Morgan fingerprint density at radius 2 is 1.71 bits per heavy atom. The predicted molar refractivity (Wildman–Crippen MR) is 109 cm³/mol. The van der Waals surface area contributed by atoms with Crippen LogP contribution in [0.5, 0.6) is 0 Å². The van der Waals surface area contributed by atoms with Crippen molar-refractivity contribution in [2.24, 2.45) is 11.8 Å². The molecule has 160 valence electrons. The topological polar surface area (TPSA) is 72.8 Å². The molecular formula is C23H38O5. The lowest BCUT2D eigenvalue weighted by molar-refractivity contribution is -0.138. The molecule has 1 heterocycles. The van der Waals surface area contributed by atoms with Crippen molar-refractivity contribution in [3.8, 4) is 0 Å². The molecule has 0 amide bonds. The Bertz CT molecular complexity index is 523. The zero-order valence-electron chi connectivity index (χ0n) is 17.7. The highest BCUT2D eigenvalue weighted by molar-refractivity contribution is 5.78. The Kier molecular flexibility index (Phi) is 10.2. The molecule has 1 aliphatic heterocycles. The van der Waals surface area contributed by atoms with E-state index in [2.05, 4.69) is 19.9 Å². The summed E-state index contributed by atoms with van der Waals surface area (Å²) in [6, 6.07) is 0. The van der Waals surface area contributed by atoms with Crippen LogP contribution in [0.3, 0.4) is 0 Å². The zero-order valence-corrected chi connectivity index (χ0v) is 17.7. The number of carboxylic acid groups (broad SMARTS) is 1. The number of hydrogen-bond acceptors (Lipinski definition) is 4. The molecule has 0 aromatic rings. The third-order valence-corrected chi connectivity index (χ3v) is 6.10. The summed E-state index contributed by atoms with van der Waals surface area (Å²) in [7, 11) is 0. The molecular weight excluding hydrogens is 356 g/mol. The average molecular weight is 395 g/mol. The molecule has 1 saturated heterocycles. The van der Waals surface area contributed by atoms with Gasteiger partial charge in [0, 0.05) is 19.3 Å². The van der Waals surface area contributed by atoms with Gasteiger partial charge in [0.2, 0.25) is 0 Å². The van der Waals surface area contributed by atoms with Gasteiger partial charge in [-0.05, 0) is 57.8 Å². The molecule has 5 nitrogen and oxygen atoms in total.